The van der Waals surface area contributed by atoms with Crippen molar-refractivity contribution >= 4 is 16.0 Å². The molecule has 7 heteroatoms. The molecule has 19 heavy (non-hydrogen) atoms. The van der Waals surface area contributed by atoms with E-state index in [2.05, 4.69) is 4.72 Å². The average Bonchev–Trinajstić information content (AvgIpc) is 2.36. The highest BCUT2D eigenvalue weighted by atomic mass is 32.2. The molecule has 2 N–H and O–H groups in total. The molecule has 102 valence electrons. The van der Waals surface area contributed by atoms with Gasteiger partial charge in [0.25, 0.3) is 0 Å². The third-order valence-corrected chi connectivity index (χ3v) is 3.96. The number of nitrogens with zero attached hydrogens (tertiary/aromatic N) is 1. The lowest BCUT2D eigenvalue weighted by atomic mass is 9.95. The van der Waals surface area contributed by atoms with E-state index in [0.717, 1.165) is 0 Å². The minimum Gasteiger partial charge on any atom is -0.481 e. The first-order valence-electron chi connectivity index (χ1n) is 5.42. The summed E-state index contributed by atoms with van der Waals surface area (Å²) in [6, 6.07) is 7.36. The van der Waals surface area contributed by atoms with Gasteiger partial charge in [0.1, 0.15) is 0 Å². The summed E-state index contributed by atoms with van der Waals surface area (Å²) < 4.78 is 26.1. The van der Waals surface area contributed by atoms with Crippen LogP contribution in [0.25, 0.3) is 0 Å². The second kappa shape index (κ2) is 5.38. The second-order valence-electron chi connectivity index (χ2n) is 4.65. The Morgan fingerprint density at radius 3 is 2.63 bits per heavy atom. The van der Waals surface area contributed by atoms with Crippen LogP contribution in [-0.2, 0) is 14.8 Å². The molecule has 0 fully saturated rings. The molecule has 0 atom stereocenters. The molecular weight excluding hydrogens is 268 g/mol. The number of hydrogen-bond donors (Lipinski definition) is 2. The van der Waals surface area contributed by atoms with Crippen molar-refractivity contribution in [2.24, 2.45) is 5.41 Å². The molecule has 0 saturated heterocycles. The zero-order valence-corrected chi connectivity index (χ0v) is 11.4. The monoisotopic (exact) mass is 282 g/mol. The van der Waals surface area contributed by atoms with Crippen LogP contribution in [0.1, 0.15) is 19.4 Å². The molecule has 1 aromatic carbocycles. The van der Waals surface area contributed by atoms with Gasteiger partial charge in [0.15, 0.2) is 0 Å². The van der Waals surface area contributed by atoms with Gasteiger partial charge in [0.2, 0.25) is 10.0 Å². The summed E-state index contributed by atoms with van der Waals surface area (Å²) in [6.07, 6.45) is 0. The first-order valence-corrected chi connectivity index (χ1v) is 6.90. The Hall–Kier alpha value is -1.91. The number of hydrogen-bond acceptors (Lipinski definition) is 4. The number of nitriles is 1. The summed E-state index contributed by atoms with van der Waals surface area (Å²) in [7, 11) is -3.82. The van der Waals surface area contributed by atoms with Crippen LogP contribution in [0, 0.1) is 16.7 Å². The van der Waals surface area contributed by atoms with Crippen molar-refractivity contribution in [1.82, 2.24) is 4.72 Å². The van der Waals surface area contributed by atoms with Gasteiger partial charge in [-0.3, -0.25) is 4.79 Å². The SMILES string of the molecule is CC(C)(CNS(=O)(=O)c1cccc(C#N)c1)C(=O)O. The highest BCUT2D eigenvalue weighted by Crippen LogP contribution is 2.16. The van der Waals surface area contributed by atoms with E-state index in [0.29, 0.717) is 0 Å². The van der Waals surface area contributed by atoms with Gasteiger partial charge in [0.05, 0.1) is 21.9 Å². The third-order valence-electron chi connectivity index (χ3n) is 2.56. The second-order valence-corrected chi connectivity index (χ2v) is 6.42. The summed E-state index contributed by atoms with van der Waals surface area (Å²) in [4.78, 5) is 10.8. The third kappa shape index (κ3) is 3.77. The summed E-state index contributed by atoms with van der Waals surface area (Å²) in [5.41, 5.74) is -0.986. The van der Waals surface area contributed by atoms with Crippen molar-refractivity contribution in [3.63, 3.8) is 0 Å². The fraction of sp³-hybridized carbons (Fsp3) is 0.333. The van der Waals surface area contributed by atoms with Crippen LogP contribution in [0.15, 0.2) is 29.2 Å². The molecule has 1 rings (SSSR count). The van der Waals surface area contributed by atoms with Crippen LogP contribution in [-0.4, -0.2) is 26.0 Å². The van der Waals surface area contributed by atoms with Crippen molar-refractivity contribution in [3.05, 3.63) is 29.8 Å². The quantitative estimate of drug-likeness (QED) is 0.836. The number of carboxylic acids is 1. The molecule has 0 aromatic heterocycles. The molecule has 0 heterocycles. The largest absolute Gasteiger partial charge is 0.481 e. The maximum absolute atomic E-state index is 12.0. The lowest BCUT2D eigenvalue weighted by Crippen LogP contribution is -2.38. The minimum absolute atomic E-state index is 0.0623. The summed E-state index contributed by atoms with van der Waals surface area (Å²) in [6.45, 7) is 2.61. The van der Waals surface area contributed by atoms with Gasteiger partial charge >= 0.3 is 5.97 Å². The van der Waals surface area contributed by atoms with Crippen molar-refractivity contribution in [3.8, 4) is 6.07 Å². The van der Waals surface area contributed by atoms with Crippen molar-refractivity contribution in [1.29, 1.82) is 5.26 Å². The number of carboxylic acid groups (broad SMARTS) is 1. The lowest BCUT2D eigenvalue weighted by Gasteiger charge is -2.19. The number of carbonyl (C=O) groups is 1. The lowest BCUT2D eigenvalue weighted by molar-refractivity contribution is -0.146. The number of rotatable bonds is 5. The standard InChI is InChI=1S/C12H14N2O4S/c1-12(2,11(15)16)8-14-19(17,18)10-5-3-4-9(6-10)7-13/h3-6,14H,8H2,1-2H3,(H,15,16). The molecule has 1 aromatic rings. The maximum Gasteiger partial charge on any atom is 0.310 e. The Labute approximate surface area is 111 Å². The first-order chi connectivity index (χ1) is 8.69. The summed E-state index contributed by atoms with van der Waals surface area (Å²) in [5.74, 6) is -1.10. The van der Waals surface area contributed by atoms with Crippen molar-refractivity contribution in [2.75, 3.05) is 6.54 Å². The molecule has 0 aliphatic rings. The van der Waals surface area contributed by atoms with Crippen LogP contribution in [0.3, 0.4) is 0 Å². The molecular formula is C12H14N2O4S. The zero-order valence-electron chi connectivity index (χ0n) is 10.5. The van der Waals surface area contributed by atoms with Crippen molar-refractivity contribution < 1.29 is 18.3 Å². The summed E-state index contributed by atoms with van der Waals surface area (Å²) in [5, 5.41) is 17.6. The summed E-state index contributed by atoms with van der Waals surface area (Å²) >= 11 is 0. The Balaban J connectivity index is 2.94. The van der Waals surface area contributed by atoms with Crippen LogP contribution in [0.4, 0.5) is 0 Å². The van der Waals surface area contributed by atoms with Gasteiger partial charge < -0.3 is 5.11 Å². The van der Waals surface area contributed by atoms with Gasteiger partial charge in [-0.2, -0.15) is 5.26 Å². The Morgan fingerprint density at radius 1 is 1.47 bits per heavy atom. The van der Waals surface area contributed by atoms with E-state index < -0.39 is 21.4 Å². The van der Waals surface area contributed by atoms with Crippen LogP contribution >= 0.6 is 0 Å². The van der Waals surface area contributed by atoms with E-state index in [1.165, 1.54) is 38.1 Å². The number of sulfonamides is 1. The van der Waals surface area contributed by atoms with E-state index in [-0.39, 0.29) is 17.0 Å². The maximum atomic E-state index is 12.0. The van der Waals surface area contributed by atoms with Gasteiger partial charge in [0, 0.05) is 6.54 Å². The molecule has 0 bridgehead atoms. The van der Waals surface area contributed by atoms with E-state index >= 15 is 0 Å². The van der Waals surface area contributed by atoms with Gasteiger partial charge in [-0.25, -0.2) is 13.1 Å². The Kier molecular flexibility index (Phi) is 4.29. The number of aliphatic carboxylic acids is 1. The predicted molar refractivity (Wildman–Crippen MR) is 67.8 cm³/mol. The first kappa shape index (κ1) is 15.1. The molecule has 0 unspecified atom stereocenters. The smallest absolute Gasteiger partial charge is 0.310 e. The highest BCUT2D eigenvalue weighted by molar-refractivity contribution is 7.89. The Morgan fingerprint density at radius 2 is 2.11 bits per heavy atom. The van der Waals surface area contributed by atoms with Gasteiger partial charge in [-0.05, 0) is 32.0 Å². The van der Waals surface area contributed by atoms with Crippen molar-refractivity contribution in [2.45, 2.75) is 18.7 Å². The van der Waals surface area contributed by atoms with Gasteiger partial charge in [-0.1, -0.05) is 6.07 Å². The average molecular weight is 282 g/mol. The molecule has 0 spiro atoms. The fourth-order valence-corrected chi connectivity index (χ4v) is 2.42. The van der Waals surface area contributed by atoms with E-state index in [1.54, 1.807) is 0 Å². The van der Waals surface area contributed by atoms with E-state index in [4.69, 9.17) is 10.4 Å². The highest BCUT2D eigenvalue weighted by Gasteiger charge is 2.29. The molecule has 0 aliphatic carbocycles. The molecule has 0 radical (unpaired) electrons. The molecule has 0 saturated carbocycles. The number of nitrogens with one attached hydrogen (secondary N) is 1. The molecule has 0 amide bonds. The van der Waals surface area contributed by atoms with Crippen LogP contribution in [0.5, 0.6) is 0 Å². The normalized spacial score (nSPS) is 11.8. The fourth-order valence-electron chi connectivity index (χ4n) is 1.17. The number of benzene rings is 1. The van der Waals surface area contributed by atoms with Gasteiger partial charge in [-0.15, -0.1) is 0 Å². The predicted octanol–water partition coefficient (Wildman–Crippen LogP) is 0.947. The topological polar surface area (TPSA) is 107 Å². The van der Waals surface area contributed by atoms with E-state index in [9.17, 15) is 13.2 Å². The van der Waals surface area contributed by atoms with E-state index in [1.807, 2.05) is 6.07 Å². The molecule has 6 nitrogen and oxygen atoms in total. The Bertz CT molecular complexity index is 629. The molecule has 0 aliphatic heterocycles. The minimum atomic E-state index is -3.82. The van der Waals surface area contributed by atoms with Crippen LogP contribution < -0.4 is 4.72 Å². The zero-order chi connectivity index (χ0) is 14.7. The van der Waals surface area contributed by atoms with Crippen LogP contribution in [0.2, 0.25) is 0 Å².